The molecule has 0 fully saturated rings. The van der Waals surface area contributed by atoms with E-state index in [9.17, 15) is 13.6 Å². The molecule has 13 heavy (non-hydrogen) atoms. The molecule has 1 aromatic rings. The lowest BCUT2D eigenvalue weighted by Gasteiger charge is -2.02. The quantitative estimate of drug-likeness (QED) is 0.592. The van der Waals surface area contributed by atoms with Crippen molar-refractivity contribution >= 4 is 17.4 Å². The predicted octanol–water partition coefficient (Wildman–Crippen LogP) is 2.75. The molecule has 1 aliphatic rings. The third kappa shape index (κ3) is 1.15. The van der Waals surface area contributed by atoms with Crippen LogP contribution in [0.25, 0.3) is 0 Å². The van der Waals surface area contributed by atoms with Gasteiger partial charge in [0.25, 0.3) is 0 Å². The van der Waals surface area contributed by atoms with Crippen LogP contribution in [-0.4, -0.2) is 5.78 Å². The summed E-state index contributed by atoms with van der Waals surface area (Å²) >= 11 is 5.32. The molecule has 0 unspecified atom stereocenters. The Bertz CT molecular complexity index is 401. The van der Waals surface area contributed by atoms with E-state index in [2.05, 4.69) is 0 Å². The number of ketones is 1. The molecular formula is C9H5ClF2O. The molecule has 0 N–H and O–H groups in total. The topological polar surface area (TPSA) is 17.1 Å². The molecule has 2 rings (SSSR count). The van der Waals surface area contributed by atoms with Crippen LogP contribution in [0.2, 0.25) is 5.02 Å². The van der Waals surface area contributed by atoms with Crippen LogP contribution in [0.1, 0.15) is 22.3 Å². The number of carbonyl (C=O) groups excluding carboxylic acids is 1. The second kappa shape index (κ2) is 2.77. The first-order valence-electron chi connectivity index (χ1n) is 3.81. The van der Waals surface area contributed by atoms with Crippen molar-refractivity contribution in [3.8, 4) is 0 Å². The largest absolute Gasteiger partial charge is 0.294 e. The molecular weight excluding hydrogens is 198 g/mol. The van der Waals surface area contributed by atoms with Gasteiger partial charge in [0.2, 0.25) is 0 Å². The lowest BCUT2D eigenvalue weighted by atomic mass is 10.1. The maximum Gasteiger partial charge on any atom is 0.166 e. The third-order valence-corrected chi connectivity index (χ3v) is 2.49. The Labute approximate surface area is 78.3 Å². The highest BCUT2D eigenvalue weighted by Gasteiger charge is 2.27. The number of rotatable bonds is 0. The van der Waals surface area contributed by atoms with Crippen molar-refractivity contribution < 1.29 is 13.6 Å². The second-order valence-electron chi connectivity index (χ2n) is 2.94. The first-order chi connectivity index (χ1) is 6.11. The molecule has 0 aliphatic heterocycles. The van der Waals surface area contributed by atoms with E-state index < -0.39 is 16.7 Å². The molecule has 68 valence electrons. The van der Waals surface area contributed by atoms with E-state index >= 15 is 0 Å². The van der Waals surface area contributed by atoms with Gasteiger partial charge in [0, 0.05) is 6.42 Å². The molecule has 0 saturated carbocycles. The van der Waals surface area contributed by atoms with Crippen LogP contribution in [0.15, 0.2) is 6.07 Å². The van der Waals surface area contributed by atoms with Gasteiger partial charge in [0.1, 0.15) is 10.8 Å². The highest BCUT2D eigenvalue weighted by Crippen LogP contribution is 2.31. The zero-order valence-electron chi connectivity index (χ0n) is 6.53. The summed E-state index contributed by atoms with van der Waals surface area (Å²) in [7, 11) is 0. The van der Waals surface area contributed by atoms with Crippen molar-refractivity contribution in [1.82, 2.24) is 0 Å². The van der Waals surface area contributed by atoms with Gasteiger partial charge in [-0.3, -0.25) is 4.79 Å². The third-order valence-electron chi connectivity index (χ3n) is 2.14. The summed E-state index contributed by atoms with van der Waals surface area (Å²) in [6.07, 6.45) is 0.644. The average Bonchev–Trinajstić information content (AvgIpc) is 2.43. The summed E-state index contributed by atoms with van der Waals surface area (Å²) in [6.45, 7) is 0. The van der Waals surface area contributed by atoms with Gasteiger partial charge in [-0.25, -0.2) is 8.78 Å². The molecule has 1 aliphatic carbocycles. The summed E-state index contributed by atoms with van der Waals surface area (Å²) in [4.78, 5) is 11.1. The zero-order chi connectivity index (χ0) is 9.59. The lowest BCUT2D eigenvalue weighted by molar-refractivity contribution is 0.0991. The fourth-order valence-corrected chi connectivity index (χ4v) is 1.66. The summed E-state index contributed by atoms with van der Waals surface area (Å²) < 4.78 is 26.1. The Hall–Kier alpha value is -0.960. The van der Waals surface area contributed by atoms with E-state index in [0.29, 0.717) is 12.0 Å². The van der Waals surface area contributed by atoms with Gasteiger partial charge in [-0.05, 0) is 18.1 Å². The highest BCUT2D eigenvalue weighted by atomic mass is 35.5. The van der Waals surface area contributed by atoms with Gasteiger partial charge in [-0.2, -0.15) is 0 Å². The average molecular weight is 203 g/mol. The fourth-order valence-electron chi connectivity index (χ4n) is 1.52. The highest BCUT2D eigenvalue weighted by molar-refractivity contribution is 6.31. The Morgan fingerprint density at radius 2 is 2.00 bits per heavy atom. The molecule has 0 heterocycles. The number of Topliss-reactive ketones (excluding diaryl/α,β-unsaturated/α-hetero) is 1. The van der Waals surface area contributed by atoms with E-state index in [1.165, 1.54) is 0 Å². The van der Waals surface area contributed by atoms with Crippen molar-refractivity contribution in [3.05, 3.63) is 33.9 Å². The minimum absolute atomic E-state index is 0.0357. The van der Waals surface area contributed by atoms with Gasteiger partial charge in [0.05, 0.1) is 5.56 Å². The molecule has 4 heteroatoms. The first-order valence-corrected chi connectivity index (χ1v) is 4.18. The van der Waals surface area contributed by atoms with Crippen molar-refractivity contribution in [2.24, 2.45) is 0 Å². The molecule has 1 aromatic carbocycles. The van der Waals surface area contributed by atoms with Crippen molar-refractivity contribution in [2.75, 3.05) is 0 Å². The zero-order valence-corrected chi connectivity index (χ0v) is 7.29. The summed E-state index contributed by atoms with van der Waals surface area (Å²) in [5.74, 6) is -2.01. The maximum absolute atomic E-state index is 13.2. The second-order valence-corrected chi connectivity index (χ2v) is 3.32. The Balaban J connectivity index is 2.75. The minimum atomic E-state index is -0.917. The molecule has 0 radical (unpaired) electrons. The van der Waals surface area contributed by atoms with Gasteiger partial charge in [-0.1, -0.05) is 11.6 Å². The van der Waals surface area contributed by atoms with Crippen LogP contribution < -0.4 is 0 Å². The first kappa shape index (κ1) is 8.63. The van der Waals surface area contributed by atoms with Gasteiger partial charge in [0.15, 0.2) is 11.6 Å². The van der Waals surface area contributed by atoms with Crippen LogP contribution in [0.5, 0.6) is 0 Å². The molecule has 1 nitrogen and oxygen atoms in total. The molecule has 0 bridgehead atoms. The number of hydrogen-bond donors (Lipinski definition) is 0. The van der Waals surface area contributed by atoms with Crippen LogP contribution in [-0.2, 0) is 6.42 Å². The molecule has 0 amide bonds. The van der Waals surface area contributed by atoms with Crippen LogP contribution in [0, 0.1) is 11.6 Å². The predicted molar refractivity (Wildman–Crippen MR) is 44.0 cm³/mol. The summed E-state index contributed by atoms with van der Waals surface area (Å²) in [5.41, 5.74) is 0.385. The van der Waals surface area contributed by atoms with Crippen LogP contribution in [0.4, 0.5) is 8.78 Å². The van der Waals surface area contributed by atoms with E-state index in [1.807, 2.05) is 0 Å². The molecule has 0 atom stereocenters. The van der Waals surface area contributed by atoms with Gasteiger partial charge < -0.3 is 0 Å². The molecule has 0 aromatic heterocycles. The number of benzene rings is 1. The number of hydrogen-bond acceptors (Lipinski definition) is 1. The van der Waals surface area contributed by atoms with E-state index in [1.54, 1.807) is 0 Å². The number of aryl methyl sites for hydroxylation is 1. The summed E-state index contributed by atoms with van der Waals surface area (Å²) in [5, 5.41) is -0.589. The van der Waals surface area contributed by atoms with Crippen molar-refractivity contribution in [3.63, 3.8) is 0 Å². The smallest absolute Gasteiger partial charge is 0.166 e. The Kier molecular flexibility index (Phi) is 1.84. The fraction of sp³-hybridized carbons (Fsp3) is 0.222. The Morgan fingerprint density at radius 3 is 2.69 bits per heavy atom. The molecule has 0 spiro atoms. The maximum atomic E-state index is 13.2. The number of fused-ring (bicyclic) bond motifs is 1. The Morgan fingerprint density at radius 1 is 1.31 bits per heavy atom. The lowest BCUT2D eigenvalue weighted by Crippen LogP contribution is -1.98. The van der Waals surface area contributed by atoms with Gasteiger partial charge >= 0.3 is 0 Å². The molecule has 0 saturated heterocycles. The van der Waals surface area contributed by atoms with Crippen molar-refractivity contribution in [1.29, 1.82) is 0 Å². The van der Waals surface area contributed by atoms with Crippen LogP contribution in [0.3, 0.4) is 0 Å². The van der Waals surface area contributed by atoms with E-state index in [0.717, 1.165) is 6.07 Å². The van der Waals surface area contributed by atoms with Crippen molar-refractivity contribution in [2.45, 2.75) is 12.8 Å². The number of carbonyl (C=O) groups is 1. The van der Waals surface area contributed by atoms with Crippen LogP contribution >= 0.6 is 11.6 Å². The monoisotopic (exact) mass is 202 g/mol. The van der Waals surface area contributed by atoms with Gasteiger partial charge in [-0.15, -0.1) is 0 Å². The number of halogens is 3. The normalized spacial score (nSPS) is 14.8. The minimum Gasteiger partial charge on any atom is -0.294 e. The SMILES string of the molecule is O=C1CCc2cc(F)c(Cl)c(F)c21. The van der Waals surface area contributed by atoms with E-state index in [4.69, 9.17) is 11.6 Å². The standard InChI is InChI=1S/C9H5ClF2O/c10-8-5(11)3-4-1-2-6(13)7(4)9(8)12/h3H,1-2H2. The van der Waals surface area contributed by atoms with E-state index in [-0.39, 0.29) is 17.8 Å². The summed E-state index contributed by atoms with van der Waals surface area (Å²) in [6, 6.07) is 1.13.